The first kappa shape index (κ1) is 25.6. The van der Waals surface area contributed by atoms with Crippen LogP contribution in [0.1, 0.15) is 0 Å². The number of esters is 2. The molecule has 1 heterocycles. The van der Waals surface area contributed by atoms with Crippen molar-refractivity contribution in [1.29, 1.82) is 0 Å². The van der Waals surface area contributed by atoms with Gasteiger partial charge in [-0.15, -0.1) is 0 Å². The van der Waals surface area contributed by atoms with Gasteiger partial charge in [0, 0.05) is 41.1 Å². The Morgan fingerprint density at radius 2 is 1.26 bits per heavy atom. The molecule has 0 fully saturated rings. The minimum atomic E-state index is -0.511. The maximum atomic E-state index is 11.4. The smallest absolute Gasteiger partial charge is 0.330 e. The third-order valence-electron chi connectivity index (χ3n) is 6.21. The van der Waals surface area contributed by atoms with Crippen LogP contribution in [0.5, 0.6) is 11.5 Å². The number of carbonyl (C=O) groups excluding carboxylic acids is 2. The monoisotopic (exact) mass is 521 g/mol. The number of benzene rings is 4. The minimum Gasteiger partial charge on any atom is -0.490 e. The number of rotatable bonds is 11. The summed E-state index contributed by atoms with van der Waals surface area (Å²) in [6.45, 7) is 7.24. The lowest BCUT2D eigenvalue weighted by molar-refractivity contribution is -0.139. The van der Waals surface area contributed by atoms with Crippen molar-refractivity contribution in [3.8, 4) is 17.2 Å². The van der Waals surface area contributed by atoms with Gasteiger partial charge in [0.2, 0.25) is 0 Å². The fourth-order valence-electron chi connectivity index (χ4n) is 4.59. The summed E-state index contributed by atoms with van der Waals surface area (Å²) in [6.07, 6.45) is 2.22. The summed E-state index contributed by atoms with van der Waals surface area (Å²) < 4.78 is 24.1. The van der Waals surface area contributed by atoms with Gasteiger partial charge in [-0.25, -0.2) is 9.59 Å². The van der Waals surface area contributed by atoms with Crippen LogP contribution in [0.3, 0.4) is 0 Å². The highest BCUT2D eigenvalue weighted by Crippen LogP contribution is 2.38. The van der Waals surface area contributed by atoms with Gasteiger partial charge in [0.25, 0.3) is 0 Å². The first-order valence-corrected chi connectivity index (χ1v) is 12.5. The Morgan fingerprint density at radius 1 is 0.667 bits per heavy atom. The highest BCUT2D eigenvalue weighted by molar-refractivity contribution is 6.21. The van der Waals surface area contributed by atoms with E-state index < -0.39 is 11.9 Å². The summed E-state index contributed by atoms with van der Waals surface area (Å²) in [5.74, 6) is 0.0461. The topological polar surface area (TPSA) is 76.0 Å². The molecular weight excluding hydrogens is 494 g/mol. The van der Waals surface area contributed by atoms with Crippen LogP contribution >= 0.6 is 0 Å². The van der Waals surface area contributed by atoms with E-state index in [0.29, 0.717) is 11.5 Å². The average molecular weight is 522 g/mol. The predicted molar refractivity (Wildman–Crippen MR) is 152 cm³/mol. The van der Waals surface area contributed by atoms with Crippen LogP contribution in [0.15, 0.2) is 104 Å². The molecule has 0 amide bonds. The van der Waals surface area contributed by atoms with Gasteiger partial charge in [0.05, 0.1) is 16.7 Å². The molecule has 0 N–H and O–H groups in total. The number of fused-ring (bicyclic) bond motifs is 5. The van der Waals surface area contributed by atoms with E-state index in [2.05, 4.69) is 54.1 Å². The number of carbonyl (C=O) groups is 2. The summed E-state index contributed by atoms with van der Waals surface area (Å²) in [4.78, 5) is 22.8. The van der Waals surface area contributed by atoms with Gasteiger partial charge in [-0.1, -0.05) is 61.7 Å². The molecule has 5 aromatic rings. The third-order valence-corrected chi connectivity index (χ3v) is 6.21. The van der Waals surface area contributed by atoms with E-state index in [9.17, 15) is 9.59 Å². The van der Waals surface area contributed by atoms with E-state index in [4.69, 9.17) is 18.9 Å². The molecular formula is C32H27NO6. The molecule has 7 nitrogen and oxygen atoms in total. The molecule has 1 aromatic heterocycles. The van der Waals surface area contributed by atoms with Crippen LogP contribution in [-0.4, -0.2) is 42.9 Å². The molecule has 39 heavy (non-hydrogen) atoms. The molecule has 0 atom stereocenters. The van der Waals surface area contributed by atoms with Gasteiger partial charge >= 0.3 is 11.9 Å². The van der Waals surface area contributed by atoms with E-state index >= 15 is 0 Å². The molecule has 0 aliphatic heterocycles. The maximum Gasteiger partial charge on any atom is 0.330 e. The quantitative estimate of drug-likeness (QED) is 0.118. The number of aromatic nitrogens is 1. The van der Waals surface area contributed by atoms with Crippen molar-refractivity contribution < 1.29 is 28.5 Å². The molecule has 0 aliphatic carbocycles. The second kappa shape index (κ2) is 11.6. The zero-order chi connectivity index (χ0) is 27.2. The second-order valence-corrected chi connectivity index (χ2v) is 8.64. The Kier molecular flexibility index (Phi) is 7.59. The van der Waals surface area contributed by atoms with Crippen LogP contribution in [0.25, 0.3) is 38.3 Å². The van der Waals surface area contributed by atoms with E-state index in [-0.39, 0.29) is 26.4 Å². The molecule has 0 unspecified atom stereocenters. The fraction of sp³-hybridized carbons (Fsp3) is 0.125. The Bertz CT molecular complexity index is 1650. The maximum absolute atomic E-state index is 11.4. The summed E-state index contributed by atoms with van der Waals surface area (Å²) in [7, 11) is 0. The number of ether oxygens (including phenoxy) is 4. The number of nitrogens with zero attached hydrogens (tertiary/aromatic N) is 1. The molecule has 0 saturated heterocycles. The molecule has 0 aliphatic rings. The molecule has 0 saturated carbocycles. The predicted octanol–water partition coefficient (Wildman–Crippen LogP) is 6.15. The van der Waals surface area contributed by atoms with Crippen molar-refractivity contribution in [2.75, 3.05) is 26.4 Å². The van der Waals surface area contributed by atoms with E-state index in [1.165, 1.54) is 5.39 Å². The van der Waals surface area contributed by atoms with Gasteiger partial charge in [0.1, 0.15) is 37.9 Å². The largest absolute Gasteiger partial charge is 0.490 e. The molecule has 4 aromatic carbocycles. The Labute approximate surface area is 225 Å². The van der Waals surface area contributed by atoms with Gasteiger partial charge in [-0.05, 0) is 22.9 Å². The van der Waals surface area contributed by atoms with E-state index in [1.807, 2.05) is 36.4 Å². The SMILES string of the molecule is C=CC(=O)OCCOc1cc(OCCOC(=O)C=C)cc(-n2c3ccccc3c3c4ccccc4ccc32)c1. The van der Waals surface area contributed by atoms with Crippen LogP contribution in [-0.2, 0) is 19.1 Å². The number of para-hydroxylation sites is 1. The molecule has 7 heteroatoms. The fourth-order valence-corrected chi connectivity index (χ4v) is 4.59. The van der Waals surface area contributed by atoms with E-state index in [1.54, 1.807) is 6.07 Å². The zero-order valence-electron chi connectivity index (χ0n) is 21.3. The van der Waals surface area contributed by atoms with Gasteiger partial charge in [0.15, 0.2) is 0 Å². The lowest BCUT2D eigenvalue weighted by Gasteiger charge is -2.15. The first-order valence-electron chi connectivity index (χ1n) is 12.5. The van der Waals surface area contributed by atoms with Gasteiger partial charge in [-0.2, -0.15) is 0 Å². The van der Waals surface area contributed by atoms with Crippen LogP contribution in [0, 0.1) is 0 Å². The van der Waals surface area contributed by atoms with Crippen molar-refractivity contribution in [3.05, 3.63) is 104 Å². The van der Waals surface area contributed by atoms with Crippen LogP contribution in [0.2, 0.25) is 0 Å². The molecule has 0 bridgehead atoms. The third kappa shape index (κ3) is 5.48. The van der Waals surface area contributed by atoms with Crippen molar-refractivity contribution in [2.45, 2.75) is 0 Å². The van der Waals surface area contributed by atoms with Gasteiger partial charge in [-0.3, -0.25) is 0 Å². The number of hydrogen-bond acceptors (Lipinski definition) is 6. The summed E-state index contributed by atoms with van der Waals surface area (Å²) in [5.41, 5.74) is 2.90. The normalized spacial score (nSPS) is 10.9. The van der Waals surface area contributed by atoms with Crippen molar-refractivity contribution in [3.63, 3.8) is 0 Å². The van der Waals surface area contributed by atoms with E-state index in [0.717, 1.165) is 45.0 Å². The minimum absolute atomic E-state index is 0.0736. The number of hydrogen-bond donors (Lipinski definition) is 0. The highest BCUT2D eigenvalue weighted by atomic mass is 16.6. The molecule has 5 rings (SSSR count). The average Bonchev–Trinajstić information content (AvgIpc) is 3.32. The Hall–Kier alpha value is -5.04. The zero-order valence-corrected chi connectivity index (χ0v) is 21.3. The molecule has 196 valence electrons. The second-order valence-electron chi connectivity index (χ2n) is 8.64. The van der Waals surface area contributed by atoms with Gasteiger partial charge < -0.3 is 23.5 Å². The lowest BCUT2D eigenvalue weighted by Crippen LogP contribution is -2.11. The van der Waals surface area contributed by atoms with Crippen LogP contribution < -0.4 is 9.47 Å². The van der Waals surface area contributed by atoms with Crippen LogP contribution in [0.4, 0.5) is 0 Å². The molecule has 0 radical (unpaired) electrons. The summed E-state index contributed by atoms with van der Waals surface area (Å²) >= 11 is 0. The Morgan fingerprint density at radius 3 is 1.90 bits per heavy atom. The first-order chi connectivity index (χ1) is 19.1. The summed E-state index contributed by atoms with van der Waals surface area (Å²) in [6, 6.07) is 26.4. The van der Waals surface area contributed by atoms with Crippen molar-refractivity contribution in [1.82, 2.24) is 4.57 Å². The van der Waals surface area contributed by atoms with Crippen molar-refractivity contribution in [2.24, 2.45) is 0 Å². The van der Waals surface area contributed by atoms with Crippen molar-refractivity contribution >= 4 is 44.5 Å². The standard InChI is InChI=1S/C32H27NO6/c1-3-30(34)38-17-15-36-24-19-23(20-25(21-24)37-16-18-39-31(35)4-2)33-28-12-8-7-11-27(28)32-26-10-6-5-9-22(26)13-14-29(32)33/h3-14,19-21H,1-2,15-18H2. The molecule has 0 spiro atoms. The lowest BCUT2D eigenvalue weighted by atomic mass is 10.0. The summed E-state index contributed by atoms with van der Waals surface area (Å²) in [5, 5.41) is 4.62. The Balaban J connectivity index is 1.56. The highest BCUT2D eigenvalue weighted by Gasteiger charge is 2.16.